The summed E-state index contributed by atoms with van der Waals surface area (Å²) in [6.07, 6.45) is 1.07. The molecule has 1 aliphatic rings. The van der Waals surface area contributed by atoms with Gasteiger partial charge in [0.25, 0.3) is 5.92 Å². The molecule has 0 unspecified atom stereocenters. The van der Waals surface area contributed by atoms with Crippen molar-refractivity contribution >= 4 is 6.29 Å². The number of rotatable bonds is 1. The topological polar surface area (TPSA) is 29.1 Å². The highest BCUT2D eigenvalue weighted by Gasteiger charge is 2.39. The summed E-state index contributed by atoms with van der Waals surface area (Å²) in [6.45, 7) is -0.396. The van der Waals surface area contributed by atoms with Crippen LogP contribution in [0, 0.1) is 0 Å². The summed E-state index contributed by atoms with van der Waals surface area (Å²) in [4.78, 5) is 9.77. The smallest absolute Gasteiger partial charge is 0.262 e. The van der Waals surface area contributed by atoms with Crippen LogP contribution < -0.4 is 5.32 Å². The quantitative estimate of drug-likeness (QED) is 0.550. The summed E-state index contributed by atoms with van der Waals surface area (Å²) < 4.78 is 24.3. The second-order valence-corrected chi connectivity index (χ2v) is 2.11. The van der Waals surface area contributed by atoms with Crippen LogP contribution in [-0.4, -0.2) is 24.8 Å². The van der Waals surface area contributed by atoms with Gasteiger partial charge in [0.15, 0.2) is 0 Å². The first-order valence-corrected chi connectivity index (χ1v) is 2.63. The molecule has 1 saturated heterocycles. The van der Waals surface area contributed by atoms with Gasteiger partial charge in [-0.3, -0.25) is 4.79 Å². The number of nitrogens with one attached hydrogen (secondary N) is 1. The Hall–Kier alpha value is -0.510. The van der Waals surface area contributed by atoms with Crippen LogP contribution in [0.3, 0.4) is 0 Å². The van der Waals surface area contributed by atoms with Crippen LogP contribution in [0.2, 0.25) is 0 Å². The van der Waals surface area contributed by atoms with Crippen molar-refractivity contribution in [1.82, 2.24) is 5.32 Å². The van der Waals surface area contributed by atoms with Gasteiger partial charge >= 0.3 is 0 Å². The predicted molar refractivity (Wildman–Crippen MR) is 27.0 cm³/mol. The van der Waals surface area contributed by atoms with Crippen molar-refractivity contribution in [3.63, 3.8) is 0 Å². The highest BCUT2D eigenvalue weighted by molar-refractivity contribution is 5.59. The maximum Gasteiger partial charge on any atom is 0.262 e. The minimum atomic E-state index is -2.71. The molecule has 2 nitrogen and oxygen atoms in total. The fraction of sp³-hybridized carbons (Fsp3) is 0.800. The van der Waals surface area contributed by atoms with Crippen molar-refractivity contribution in [2.75, 3.05) is 6.54 Å². The van der Waals surface area contributed by atoms with Crippen molar-refractivity contribution in [3.05, 3.63) is 0 Å². The average molecular weight is 134 g/mol. The molecule has 51 valence electrons. The minimum Gasteiger partial charge on any atom is -0.301 e. The highest BCUT2D eigenvalue weighted by Crippen LogP contribution is 2.23. The molecule has 0 aromatic heterocycles. The van der Waals surface area contributed by atoms with Gasteiger partial charge in [-0.15, -0.1) is 0 Å². The normalized spacial score (nSPS) is 32.4. The zero-order valence-corrected chi connectivity index (χ0v) is 4.66. The molecular weight excluding hydrogens is 128 g/mol. The number of hydrogen-bond donors (Lipinski definition) is 1. The molecule has 9 heavy (non-hydrogen) atoms. The Bertz CT molecular complexity index is 126. The molecule has 0 saturated carbocycles. The molecule has 0 aliphatic carbocycles. The Kier molecular flexibility index (Phi) is 1.48. The third kappa shape index (κ3) is 1.45. The Labute approximate surface area is 51.2 Å². The molecule has 1 rings (SSSR count). The Morgan fingerprint density at radius 3 is 2.56 bits per heavy atom. The lowest BCUT2D eigenvalue weighted by molar-refractivity contribution is 0.0225. The van der Waals surface area contributed by atoms with Crippen LogP contribution in [0.15, 0.2) is 0 Å². The van der Waals surface area contributed by atoms with Gasteiger partial charge in [0, 0.05) is 6.42 Å². The minimum absolute atomic E-state index is 0.396. The Morgan fingerprint density at radius 1 is 1.67 bits per heavy atom. The summed E-state index contributed by atoms with van der Waals surface area (Å²) in [7, 11) is 0. The third-order valence-electron chi connectivity index (χ3n) is 1.25. The van der Waals surface area contributed by atoms with E-state index < -0.39 is 24.9 Å². The maximum absolute atomic E-state index is 12.1. The van der Waals surface area contributed by atoms with E-state index in [2.05, 4.69) is 5.32 Å². The zero-order valence-electron chi connectivity index (χ0n) is 4.66. The van der Waals surface area contributed by atoms with Gasteiger partial charge < -0.3 is 5.32 Å². The first-order chi connectivity index (χ1) is 4.14. The number of hydrogen-bond acceptors (Lipinski definition) is 2. The standard InChI is InChI=1S/C5H6F2NO/c6-5(7)1-4(2-9)8-3-5/h4,8H,1,3H2/t4-/m0/s1. The molecule has 4 heteroatoms. The summed E-state index contributed by atoms with van der Waals surface area (Å²) >= 11 is 0. The fourth-order valence-corrected chi connectivity index (χ4v) is 0.799. The number of alkyl halides is 2. The van der Waals surface area contributed by atoms with E-state index in [1.165, 1.54) is 6.29 Å². The van der Waals surface area contributed by atoms with Crippen LogP contribution in [0.25, 0.3) is 0 Å². The lowest BCUT2D eigenvalue weighted by atomic mass is 10.2. The Morgan fingerprint density at radius 2 is 2.33 bits per heavy atom. The molecule has 1 heterocycles. The molecule has 1 N–H and O–H groups in total. The molecule has 1 aliphatic heterocycles. The van der Waals surface area contributed by atoms with Crippen molar-refractivity contribution in [2.45, 2.75) is 18.4 Å². The first-order valence-electron chi connectivity index (χ1n) is 2.63. The van der Waals surface area contributed by atoms with E-state index in [9.17, 15) is 13.6 Å². The van der Waals surface area contributed by atoms with Gasteiger partial charge in [0.05, 0.1) is 12.6 Å². The molecule has 1 fully saturated rings. The van der Waals surface area contributed by atoms with Crippen LogP contribution in [0.1, 0.15) is 6.42 Å². The van der Waals surface area contributed by atoms with E-state index in [-0.39, 0.29) is 0 Å². The summed E-state index contributed by atoms with van der Waals surface area (Å²) in [6, 6.07) is -0.764. The average Bonchev–Trinajstić information content (AvgIpc) is 2.10. The molecule has 1 atom stereocenters. The number of halogens is 2. The largest absolute Gasteiger partial charge is 0.301 e. The maximum atomic E-state index is 12.1. The van der Waals surface area contributed by atoms with Gasteiger partial charge in [-0.25, -0.2) is 8.78 Å². The van der Waals surface area contributed by atoms with E-state index in [4.69, 9.17) is 0 Å². The molecule has 0 amide bonds. The fourth-order valence-electron chi connectivity index (χ4n) is 0.799. The van der Waals surface area contributed by atoms with Gasteiger partial charge in [0.1, 0.15) is 0 Å². The molecule has 0 aromatic rings. The third-order valence-corrected chi connectivity index (χ3v) is 1.25. The van der Waals surface area contributed by atoms with Crippen molar-refractivity contribution in [3.8, 4) is 0 Å². The van der Waals surface area contributed by atoms with Gasteiger partial charge in [0.2, 0.25) is 6.29 Å². The molecule has 0 aromatic carbocycles. The summed E-state index contributed by atoms with van der Waals surface area (Å²) in [5.41, 5.74) is 0. The monoisotopic (exact) mass is 134 g/mol. The van der Waals surface area contributed by atoms with E-state index in [1.807, 2.05) is 0 Å². The van der Waals surface area contributed by atoms with Crippen molar-refractivity contribution in [1.29, 1.82) is 0 Å². The molecule has 0 bridgehead atoms. The summed E-state index contributed by atoms with van der Waals surface area (Å²) in [5.74, 6) is -2.71. The van der Waals surface area contributed by atoms with Crippen LogP contribution in [0.5, 0.6) is 0 Å². The van der Waals surface area contributed by atoms with E-state index in [1.54, 1.807) is 0 Å². The van der Waals surface area contributed by atoms with Gasteiger partial charge in [-0.1, -0.05) is 0 Å². The Balaban J connectivity index is 2.47. The van der Waals surface area contributed by atoms with Gasteiger partial charge in [-0.05, 0) is 0 Å². The second-order valence-electron chi connectivity index (χ2n) is 2.11. The van der Waals surface area contributed by atoms with Crippen molar-refractivity contribution in [2.24, 2.45) is 0 Å². The summed E-state index contributed by atoms with van der Waals surface area (Å²) in [5, 5.41) is 2.32. The van der Waals surface area contributed by atoms with Crippen LogP contribution in [0.4, 0.5) is 8.78 Å². The lowest BCUT2D eigenvalue weighted by Gasteiger charge is -2.02. The predicted octanol–water partition coefficient (Wildman–Crippen LogP) is 0.0933. The highest BCUT2D eigenvalue weighted by atomic mass is 19.3. The first kappa shape index (κ1) is 6.61. The molecular formula is C5H6F2NO. The van der Waals surface area contributed by atoms with E-state index in [0.717, 1.165) is 0 Å². The van der Waals surface area contributed by atoms with E-state index in [0.29, 0.717) is 0 Å². The van der Waals surface area contributed by atoms with Crippen LogP contribution in [-0.2, 0) is 4.79 Å². The molecule has 0 spiro atoms. The number of carbonyl (C=O) groups excluding carboxylic acids is 1. The lowest BCUT2D eigenvalue weighted by Crippen LogP contribution is -2.22. The van der Waals surface area contributed by atoms with Crippen molar-refractivity contribution < 1.29 is 13.6 Å². The van der Waals surface area contributed by atoms with Crippen LogP contribution >= 0.6 is 0 Å². The second kappa shape index (κ2) is 2.02. The van der Waals surface area contributed by atoms with Gasteiger partial charge in [-0.2, -0.15) is 0 Å². The zero-order chi connectivity index (χ0) is 6.91. The SMILES string of the molecule is O=[C][C@@H]1CC(F)(F)CN1. The van der Waals surface area contributed by atoms with E-state index >= 15 is 0 Å². The molecule has 1 radical (unpaired) electrons.